The number of nitrogens with two attached hydrogens (primary N) is 1. The van der Waals surface area contributed by atoms with Crippen molar-refractivity contribution in [3.8, 4) is 11.5 Å². The number of fused-ring (bicyclic) bond motifs is 2. The first kappa shape index (κ1) is 21.0. The molecule has 0 aliphatic carbocycles. The number of aryl methyl sites for hydroxylation is 1. The number of hydrogen-bond acceptors (Lipinski definition) is 7. The Labute approximate surface area is 187 Å². The molecule has 3 aromatic rings. The lowest BCUT2D eigenvalue weighted by atomic mass is 10.1. The highest BCUT2D eigenvalue weighted by Crippen LogP contribution is 2.36. The molecule has 30 heavy (non-hydrogen) atoms. The highest BCUT2D eigenvalue weighted by molar-refractivity contribution is 14.1. The van der Waals surface area contributed by atoms with Gasteiger partial charge in [0.25, 0.3) is 0 Å². The standard InChI is InChI=1S/C20H24FIN6O2/c1-11(2)27(3)5-4-6-28-16(24-17-18(23)25-20(21)26-19(17)28)8-12-7-14-15(9-13(12)22)30-10-29-14/h7,9,11H,4-6,8,10H2,1-3H3,(H2,23,25,26). The molecule has 2 aromatic heterocycles. The van der Waals surface area contributed by atoms with Crippen molar-refractivity contribution in [3.05, 3.63) is 33.2 Å². The second-order valence-corrected chi connectivity index (χ2v) is 8.79. The fourth-order valence-electron chi connectivity index (χ4n) is 3.41. The summed E-state index contributed by atoms with van der Waals surface area (Å²) in [4.78, 5) is 14.6. The summed E-state index contributed by atoms with van der Waals surface area (Å²) in [6, 6.07) is 4.38. The van der Waals surface area contributed by atoms with Gasteiger partial charge < -0.3 is 24.7 Å². The smallest absolute Gasteiger partial charge is 0.312 e. The van der Waals surface area contributed by atoms with Gasteiger partial charge in [0, 0.05) is 22.6 Å². The minimum atomic E-state index is -0.843. The van der Waals surface area contributed by atoms with E-state index in [2.05, 4.69) is 63.3 Å². The van der Waals surface area contributed by atoms with E-state index in [9.17, 15) is 4.39 Å². The van der Waals surface area contributed by atoms with E-state index in [0.717, 1.165) is 39.4 Å². The molecule has 10 heteroatoms. The summed E-state index contributed by atoms with van der Waals surface area (Å²) in [5.74, 6) is 2.28. The summed E-state index contributed by atoms with van der Waals surface area (Å²) in [5.41, 5.74) is 7.84. The van der Waals surface area contributed by atoms with E-state index in [1.807, 2.05) is 16.7 Å². The van der Waals surface area contributed by atoms with E-state index in [4.69, 9.17) is 15.2 Å². The highest BCUT2D eigenvalue weighted by Gasteiger charge is 2.21. The van der Waals surface area contributed by atoms with Crippen LogP contribution < -0.4 is 15.2 Å². The first-order valence-electron chi connectivity index (χ1n) is 9.80. The van der Waals surface area contributed by atoms with Crippen LogP contribution in [0.15, 0.2) is 12.1 Å². The molecular formula is C20H24FIN6O2. The molecule has 0 radical (unpaired) electrons. The van der Waals surface area contributed by atoms with E-state index in [1.165, 1.54) is 0 Å². The number of halogens is 2. The first-order valence-corrected chi connectivity index (χ1v) is 10.9. The van der Waals surface area contributed by atoms with Gasteiger partial charge in [0.15, 0.2) is 28.5 Å². The van der Waals surface area contributed by atoms with Crippen LogP contribution in [0.4, 0.5) is 10.2 Å². The Balaban J connectivity index is 1.69. The summed E-state index contributed by atoms with van der Waals surface area (Å²) >= 11 is 2.28. The summed E-state index contributed by atoms with van der Waals surface area (Å²) in [5, 5.41) is 0. The Morgan fingerprint density at radius 1 is 1.23 bits per heavy atom. The number of nitrogens with zero attached hydrogens (tertiary/aromatic N) is 5. The molecule has 2 N–H and O–H groups in total. The maximum absolute atomic E-state index is 13.9. The zero-order valence-electron chi connectivity index (χ0n) is 17.2. The second-order valence-electron chi connectivity index (χ2n) is 7.63. The number of anilines is 1. The molecule has 1 aliphatic heterocycles. The van der Waals surface area contributed by atoms with Gasteiger partial charge >= 0.3 is 6.08 Å². The van der Waals surface area contributed by atoms with Crippen LogP contribution in [0.5, 0.6) is 11.5 Å². The maximum Gasteiger partial charge on any atom is 0.312 e. The normalized spacial score (nSPS) is 13.2. The quantitative estimate of drug-likeness (QED) is 0.374. The lowest BCUT2D eigenvalue weighted by Gasteiger charge is -2.21. The molecular weight excluding hydrogens is 502 g/mol. The van der Waals surface area contributed by atoms with Crippen LogP contribution in [0.25, 0.3) is 11.2 Å². The average Bonchev–Trinajstić information content (AvgIpc) is 3.26. The fraction of sp³-hybridized carbons (Fsp3) is 0.450. The minimum Gasteiger partial charge on any atom is -0.454 e. The molecule has 0 saturated carbocycles. The van der Waals surface area contributed by atoms with Crippen LogP contribution in [0.3, 0.4) is 0 Å². The lowest BCUT2D eigenvalue weighted by Crippen LogP contribution is -2.28. The van der Waals surface area contributed by atoms with Crippen molar-refractivity contribution in [3.63, 3.8) is 0 Å². The van der Waals surface area contributed by atoms with Gasteiger partial charge in [-0.3, -0.25) is 0 Å². The van der Waals surface area contributed by atoms with Gasteiger partial charge in [-0.1, -0.05) is 0 Å². The Hall–Kier alpha value is -2.21. The topological polar surface area (TPSA) is 91.3 Å². The third-order valence-corrected chi connectivity index (χ3v) is 6.34. The van der Waals surface area contributed by atoms with Crippen LogP contribution in [-0.2, 0) is 13.0 Å². The van der Waals surface area contributed by atoms with Crippen LogP contribution in [-0.4, -0.2) is 50.8 Å². The molecule has 0 saturated heterocycles. The third kappa shape index (κ3) is 4.15. The molecule has 4 rings (SSSR count). The fourth-order valence-corrected chi connectivity index (χ4v) is 4.04. The van der Waals surface area contributed by atoms with Gasteiger partial charge in [-0.2, -0.15) is 14.4 Å². The number of benzene rings is 1. The number of hydrogen-bond donors (Lipinski definition) is 1. The molecule has 8 nitrogen and oxygen atoms in total. The van der Waals surface area contributed by atoms with Crippen LogP contribution in [0.1, 0.15) is 31.7 Å². The van der Waals surface area contributed by atoms with Crippen LogP contribution >= 0.6 is 22.6 Å². The van der Waals surface area contributed by atoms with Crippen LogP contribution in [0, 0.1) is 9.65 Å². The molecule has 0 unspecified atom stereocenters. The number of nitrogen functional groups attached to an aromatic ring is 1. The molecule has 0 spiro atoms. The zero-order valence-corrected chi connectivity index (χ0v) is 19.3. The van der Waals surface area contributed by atoms with Gasteiger partial charge in [-0.05, 0) is 74.1 Å². The van der Waals surface area contributed by atoms with Gasteiger partial charge in [0.2, 0.25) is 6.79 Å². The maximum atomic E-state index is 13.9. The van der Waals surface area contributed by atoms with Gasteiger partial charge in [0.1, 0.15) is 5.82 Å². The zero-order chi connectivity index (χ0) is 21.4. The number of rotatable bonds is 7. The first-order chi connectivity index (χ1) is 14.3. The van der Waals surface area contributed by atoms with Crippen molar-refractivity contribution < 1.29 is 13.9 Å². The van der Waals surface area contributed by atoms with Crippen molar-refractivity contribution in [2.75, 3.05) is 26.1 Å². The molecule has 0 atom stereocenters. The molecule has 0 amide bonds. The SMILES string of the molecule is CC(C)N(C)CCCn1c(Cc2cc3c(cc2I)OCO3)nc2c(N)nc(F)nc21. The van der Waals surface area contributed by atoms with Crippen molar-refractivity contribution in [2.45, 2.75) is 39.3 Å². The largest absolute Gasteiger partial charge is 0.454 e. The van der Waals surface area contributed by atoms with Gasteiger partial charge in [-0.15, -0.1) is 0 Å². The van der Waals surface area contributed by atoms with Crippen LogP contribution in [0.2, 0.25) is 0 Å². The molecule has 3 heterocycles. The summed E-state index contributed by atoms with van der Waals surface area (Å²) in [6.45, 7) is 6.09. The summed E-state index contributed by atoms with van der Waals surface area (Å²) in [6.07, 6.45) is 0.563. The Kier molecular flexibility index (Phi) is 5.96. The van der Waals surface area contributed by atoms with Crippen molar-refractivity contribution in [1.82, 2.24) is 24.4 Å². The predicted molar refractivity (Wildman–Crippen MR) is 120 cm³/mol. The number of aromatic nitrogens is 4. The minimum absolute atomic E-state index is 0.0529. The second kappa shape index (κ2) is 8.50. The molecule has 0 bridgehead atoms. The van der Waals surface area contributed by atoms with E-state index < -0.39 is 6.08 Å². The van der Waals surface area contributed by atoms with Gasteiger partial charge in [-0.25, -0.2) is 4.98 Å². The molecule has 160 valence electrons. The monoisotopic (exact) mass is 526 g/mol. The van der Waals surface area contributed by atoms with E-state index in [-0.39, 0.29) is 12.6 Å². The summed E-state index contributed by atoms with van der Waals surface area (Å²) in [7, 11) is 2.09. The van der Waals surface area contributed by atoms with E-state index >= 15 is 0 Å². The van der Waals surface area contributed by atoms with Crippen molar-refractivity contribution >= 4 is 39.6 Å². The Morgan fingerprint density at radius 2 is 1.97 bits per heavy atom. The molecule has 0 fully saturated rings. The lowest BCUT2D eigenvalue weighted by molar-refractivity contribution is 0.174. The molecule has 1 aromatic carbocycles. The van der Waals surface area contributed by atoms with Crippen molar-refractivity contribution in [2.24, 2.45) is 0 Å². The third-order valence-electron chi connectivity index (χ3n) is 5.34. The van der Waals surface area contributed by atoms with Gasteiger partial charge in [0.05, 0.1) is 0 Å². The Morgan fingerprint density at radius 3 is 2.70 bits per heavy atom. The van der Waals surface area contributed by atoms with Crippen molar-refractivity contribution in [1.29, 1.82) is 0 Å². The molecule has 1 aliphatic rings. The highest BCUT2D eigenvalue weighted by atomic mass is 127. The summed E-state index contributed by atoms with van der Waals surface area (Å²) < 4.78 is 27.9. The average molecular weight is 526 g/mol. The predicted octanol–water partition coefficient (Wildman–Crippen LogP) is 3.20. The Bertz CT molecular complexity index is 1090. The number of imidazole rings is 1. The van der Waals surface area contributed by atoms with E-state index in [1.54, 1.807) is 0 Å². The number of ether oxygens (including phenoxy) is 2. The van der Waals surface area contributed by atoms with E-state index in [0.29, 0.717) is 30.2 Å².